The standard InChI is InChI=1S/C27H37NO3S/c1-3-21(2)27(13-8-16-29-19-22-9-5-4-6-10-22)23-11-7-12-25(23)20-26(30-17-18-31-26)14-15-28(25)24(27)32/h3-6,9-10,21,23H,1,7-8,11-20H2,2H3/t21-,23-,25-,27-/m1/s1. The van der Waals surface area contributed by atoms with Crippen molar-refractivity contribution in [1.82, 2.24) is 4.90 Å². The second-order valence-corrected chi connectivity index (χ2v) is 10.6. The van der Waals surface area contributed by atoms with E-state index in [4.69, 9.17) is 26.4 Å². The lowest BCUT2D eigenvalue weighted by Crippen LogP contribution is -2.58. The van der Waals surface area contributed by atoms with E-state index in [0.717, 1.165) is 52.0 Å². The molecule has 4 aliphatic rings. The number of hydrogen-bond acceptors (Lipinski definition) is 4. The molecule has 5 heteroatoms. The summed E-state index contributed by atoms with van der Waals surface area (Å²) >= 11 is 6.32. The Bertz CT molecular complexity index is 839. The van der Waals surface area contributed by atoms with E-state index in [-0.39, 0.29) is 16.7 Å². The summed E-state index contributed by atoms with van der Waals surface area (Å²) in [5, 5.41) is 0. The van der Waals surface area contributed by atoms with E-state index in [1.54, 1.807) is 0 Å². The molecule has 4 atom stereocenters. The van der Waals surface area contributed by atoms with E-state index in [9.17, 15) is 0 Å². The minimum absolute atomic E-state index is 0.0200. The third kappa shape index (κ3) is 3.48. The molecule has 4 nitrogen and oxygen atoms in total. The zero-order valence-electron chi connectivity index (χ0n) is 19.4. The molecule has 3 heterocycles. The van der Waals surface area contributed by atoms with Crippen molar-refractivity contribution >= 4 is 17.2 Å². The van der Waals surface area contributed by atoms with Crippen LogP contribution in [0.25, 0.3) is 0 Å². The molecular formula is C27H37NO3S. The van der Waals surface area contributed by atoms with Crippen LogP contribution < -0.4 is 0 Å². The molecule has 0 radical (unpaired) electrons. The number of nitrogens with zero attached hydrogens (tertiary/aromatic N) is 1. The lowest BCUT2D eigenvalue weighted by molar-refractivity contribution is -0.208. The maximum absolute atomic E-state index is 6.32. The van der Waals surface area contributed by atoms with Crippen molar-refractivity contribution in [2.75, 3.05) is 26.4 Å². The number of allylic oxidation sites excluding steroid dienone is 1. The van der Waals surface area contributed by atoms with Crippen molar-refractivity contribution in [1.29, 1.82) is 0 Å². The van der Waals surface area contributed by atoms with Gasteiger partial charge in [-0.1, -0.05) is 62.0 Å². The van der Waals surface area contributed by atoms with Crippen molar-refractivity contribution in [2.45, 2.75) is 69.8 Å². The van der Waals surface area contributed by atoms with E-state index < -0.39 is 0 Å². The summed E-state index contributed by atoms with van der Waals surface area (Å²) in [6.45, 7) is 10.4. The van der Waals surface area contributed by atoms with Gasteiger partial charge in [0.1, 0.15) is 0 Å². The van der Waals surface area contributed by atoms with Crippen molar-refractivity contribution < 1.29 is 14.2 Å². The summed E-state index contributed by atoms with van der Waals surface area (Å²) < 4.78 is 18.5. The summed E-state index contributed by atoms with van der Waals surface area (Å²) in [4.78, 5) is 3.78. The van der Waals surface area contributed by atoms with Gasteiger partial charge in [0, 0.05) is 36.9 Å². The highest BCUT2D eigenvalue weighted by Crippen LogP contribution is 2.65. The largest absolute Gasteiger partial charge is 0.377 e. The average Bonchev–Trinajstić information content (AvgIpc) is 3.48. The fourth-order valence-corrected chi connectivity index (χ4v) is 8.09. The summed E-state index contributed by atoms with van der Waals surface area (Å²) in [6, 6.07) is 10.4. The summed E-state index contributed by atoms with van der Waals surface area (Å²) in [5.74, 6) is 0.492. The minimum Gasteiger partial charge on any atom is -0.377 e. The Kier molecular flexibility index (Phi) is 6.21. The molecule has 32 heavy (non-hydrogen) atoms. The SMILES string of the molecule is C=C[C@@H](C)[C@@]1(CCCOCc2ccccc2)C(=S)N2CCC3(C[C@@]24CCC[C@@H]14)OCCO3. The first-order valence-electron chi connectivity index (χ1n) is 12.4. The molecule has 0 bridgehead atoms. The van der Waals surface area contributed by atoms with Gasteiger partial charge in [-0.05, 0) is 43.1 Å². The number of thiocarbonyl (C=S) groups is 1. The zero-order chi connectivity index (χ0) is 22.2. The molecule has 5 rings (SSSR count). The Hall–Kier alpha value is -1.27. The smallest absolute Gasteiger partial charge is 0.172 e. The van der Waals surface area contributed by atoms with E-state index >= 15 is 0 Å². The molecule has 1 aromatic carbocycles. The Balaban J connectivity index is 1.34. The molecule has 2 spiro atoms. The van der Waals surface area contributed by atoms with Crippen LogP contribution in [-0.2, 0) is 20.8 Å². The van der Waals surface area contributed by atoms with Crippen LogP contribution >= 0.6 is 12.2 Å². The highest BCUT2D eigenvalue weighted by atomic mass is 32.1. The van der Waals surface area contributed by atoms with Gasteiger partial charge in [0.05, 0.1) is 24.8 Å². The first-order valence-corrected chi connectivity index (χ1v) is 12.8. The van der Waals surface area contributed by atoms with Crippen LogP contribution in [0.4, 0.5) is 0 Å². The van der Waals surface area contributed by atoms with Crippen molar-refractivity contribution in [2.24, 2.45) is 17.3 Å². The van der Waals surface area contributed by atoms with Crippen LogP contribution in [0.5, 0.6) is 0 Å². The minimum atomic E-state index is -0.388. The number of hydrogen-bond donors (Lipinski definition) is 0. The number of benzene rings is 1. The normalized spacial score (nSPS) is 34.0. The third-order valence-electron chi connectivity index (χ3n) is 8.82. The molecule has 174 valence electrons. The number of ether oxygens (including phenoxy) is 3. The Labute approximate surface area is 198 Å². The highest BCUT2D eigenvalue weighted by molar-refractivity contribution is 7.80. The van der Waals surface area contributed by atoms with Gasteiger partial charge in [-0.15, -0.1) is 6.58 Å². The van der Waals surface area contributed by atoms with E-state index in [0.29, 0.717) is 18.4 Å². The monoisotopic (exact) mass is 455 g/mol. The van der Waals surface area contributed by atoms with Crippen LogP contribution in [0.2, 0.25) is 0 Å². The molecule has 1 saturated carbocycles. The zero-order valence-corrected chi connectivity index (χ0v) is 20.2. The van der Waals surface area contributed by atoms with Crippen LogP contribution in [0, 0.1) is 17.3 Å². The predicted molar refractivity (Wildman–Crippen MR) is 130 cm³/mol. The fourth-order valence-electron chi connectivity index (χ4n) is 7.39. The molecule has 3 aliphatic heterocycles. The number of piperidine rings is 1. The topological polar surface area (TPSA) is 30.9 Å². The van der Waals surface area contributed by atoms with Gasteiger partial charge < -0.3 is 19.1 Å². The van der Waals surface area contributed by atoms with Crippen molar-refractivity contribution in [3.05, 3.63) is 48.6 Å². The Morgan fingerprint density at radius 1 is 1.25 bits per heavy atom. The molecular weight excluding hydrogens is 418 g/mol. The summed E-state index contributed by atoms with van der Waals surface area (Å²) in [6.07, 6.45) is 9.78. The van der Waals surface area contributed by atoms with Crippen LogP contribution in [-0.4, -0.2) is 47.6 Å². The Morgan fingerprint density at radius 2 is 2.03 bits per heavy atom. The van der Waals surface area contributed by atoms with Crippen molar-refractivity contribution in [3.8, 4) is 0 Å². The molecule has 3 saturated heterocycles. The second-order valence-electron chi connectivity index (χ2n) is 10.2. The molecule has 4 fully saturated rings. The number of rotatable bonds is 8. The van der Waals surface area contributed by atoms with Crippen molar-refractivity contribution in [3.63, 3.8) is 0 Å². The first-order chi connectivity index (χ1) is 15.6. The van der Waals surface area contributed by atoms with Gasteiger partial charge in [-0.3, -0.25) is 0 Å². The van der Waals surface area contributed by atoms with Gasteiger partial charge in [0.15, 0.2) is 5.79 Å². The summed E-state index contributed by atoms with van der Waals surface area (Å²) in [5.41, 5.74) is 1.29. The molecule has 0 amide bonds. The van der Waals surface area contributed by atoms with E-state index in [1.165, 1.54) is 29.8 Å². The molecule has 0 unspecified atom stereocenters. The molecule has 1 aliphatic carbocycles. The van der Waals surface area contributed by atoms with Gasteiger partial charge in [-0.25, -0.2) is 0 Å². The fraction of sp³-hybridized carbons (Fsp3) is 0.667. The van der Waals surface area contributed by atoms with E-state index in [1.807, 2.05) is 6.07 Å². The predicted octanol–water partition coefficient (Wildman–Crippen LogP) is 5.51. The first kappa shape index (κ1) is 22.5. The average molecular weight is 456 g/mol. The van der Waals surface area contributed by atoms with Gasteiger partial charge >= 0.3 is 0 Å². The second kappa shape index (κ2) is 8.83. The van der Waals surface area contributed by atoms with Crippen LogP contribution in [0.3, 0.4) is 0 Å². The van der Waals surface area contributed by atoms with E-state index in [2.05, 4.69) is 48.7 Å². The Morgan fingerprint density at radius 3 is 2.78 bits per heavy atom. The van der Waals surface area contributed by atoms with Crippen LogP contribution in [0.1, 0.15) is 57.4 Å². The maximum atomic E-state index is 6.32. The molecule has 0 N–H and O–H groups in total. The highest BCUT2D eigenvalue weighted by Gasteiger charge is 2.69. The molecule has 1 aromatic rings. The summed E-state index contributed by atoms with van der Waals surface area (Å²) in [7, 11) is 0. The maximum Gasteiger partial charge on any atom is 0.172 e. The lowest BCUT2D eigenvalue weighted by atomic mass is 9.61. The van der Waals surface area contributed by atoms with Gasteiger partial charge in [0.2, 0.25) is 0 Å². The van der Waals surface area contributed by atoms with Crippen LogP contribution in [0.15, 0.2) is 43.0 Å². The van der Waals surface area contributed by atoms with Gasteiger partial charge in [-0.2, -0.15) is 0 Å². The van der Waals surface area contributed by atoms with Gasteiger partial charge in [0.25, 0.3) is 0 Å². The lowest BCUT2D eigenvalue weighted by Gasteiger charge is -2.50. The third-order valence-corrected chi connectivity index (χ3v) is 9.42. The molecule has 0 aromatic heterocycles. The quantitative estimate of drug-likeness (QED) is 0.293.